The van der Waals surface area contributed by atoms with Gasteiger partial charge in [-0.1, -0.05) is 36.8 Å². The molecule has 7 heteroatoms. The van der Waals surface area contributed by atoms with Gasteiger partial charge in [0.25, 0.3) is 10.0 Å². The lowest BCUT2D eigenvalue weighted by molar-refractivity contribution is -0.128. The van der Waals surface area contributed by atoms with Gasteiger partial charge in [-0.2, -0.15) is 0 Å². The number of anilines is 1. The molecule has 3 rings (SSSR count). The summed E-state index contributed by atoms with van der Waals surface area (Å²) in [4.78, 5) is 25.0. The fourth-order valence-electron chi connectivity index (χ4n) is 3.12. The van der Waals surface area contributed by atoms with Crippen molar-refractivity contribution >= 4 is 27.5 Å². The Morgan fingerprint density at radius 1 is 1.19 bits per heavy atom. The van der Waals surface area contributed by atoms with Crippen molar-refractivity contribution in [3.8, 4) is 0 Å². The van der Waals surface area contributed by atoms with E-state index in [1.54, 1.807) is 18.2 Å². The van der Waals surface area contributed by atoms with Crippen LogP contribution in [-0.4, -0.2) is 30.6 Å². The Kier molecular flexibility index (Phi) is 5.32. The summed E-state index contributed by atoms with van der Waals surface area (Å²) in [5, 5.41) is 2.74. The highest BCUT2D eigenvalue weighted by atomic mass is 32.2. The number of hydrogen-bond acceptors (Lipinski definition) is 4. The van der Waals surface area contributed by atoms with Crippen LogP contribution in [0, 0.1) is 6.92 Å². The minimum atomic E-state index is -4.08. The minimum absolute atomic E-state index is 0.00845. The summed E-state index contributed by atoms with van der Waals surface area (Å²) in [7, 11) is -4.08. The smallest absolute Gasteiger partial charge is 0.267 e. The van der Waals surface area contributed by atoms with E-state index in [4.69, 9.17) is 0 Å². The van der Waals surface area contributed by atoms with Gasteiger partial charge in [0.2, 0.25) is 11.8 Å². The van der Waals surface area contributed by atoms with E-state index in [1.165, 1.54) is 12.1 Å². The average Bonchev–Trinajstić information content (AvgIpc) is 3.05. The summed E-state index contributed by atoms with van der Waals surface area (Å²) in [6.45, 7) is 3.85. The number of nitrogens with zero attached hydrogens (tertiary/aromatic N) is 1. The summed E-state index contributed by atoms with van der Waals surface area (Å²) >= 11 is 0. The molecule has 1 saturated heterocycles. The van der Waals surface area contributed by atoms with Gasteiger partial charge < -0.3 is 5.32 Å². The number of nitrogens with one attached hydrogen (secondary N) is 1. The largest absolute Gasteiger partial charge is 0.324 e. The van der Waals surface area contributed by atoms with Gasteiger partial charge in [0.1, 0.15) is 6.04 Å². The molecule has 2 aromatic rings. The Hall–Kier alpha value is -2.67. The Labute approximate surface area is 159 Å². The molecule has 1 aliphatic rings. The first-order valence-electron chi connectivity index (χ1n) is 8.86. The van der Waals surface area contributed by atoms with Gasteiger partial charge in [-0.3, -0.25) is 9.59 Å². The highest BCUT2D eigenvalue weighted by molar-refractivity contribution is 7.89. The van der Waals surface area contributed by atoms with Crippen LogP contribution in [-0.2, 0) is 26.0 Å². The van der Waals surface area contributed by atoms with Crippen LogP contribution in [0.15, 0.2) is 53.4 Å². The molecule has 1 atom stereocenters. The third kappa shape index (κ3) is 3.88. The Morgan fingerprint density at radius 2 is 1.89 bits per heavy atom. The number of amides is 2. The number of hydrogen-bond donors (Lipinski definition) is 1. The molecule has 0 aliphatic carbocycles. The second kappa shape index (κ2) is 7.52. The quantitative estimate of drug-likeness (QED) is 0.856. The lowest BCUT2D eigenvalue weighted by Gasteiger charge is -2.24. The van der Waals surface area contributed by atoms with Crippen molar-refractivity contribution in [2.75, 3.05) is 5.32 Å². The Balaban J connectivity index is 1.87. The molecule has 0 aromatic heterocycles. The third-order valence-electron chi connectivity index (χ3n) is 4.64. The van der Waals surface area contributed by atoms with Crippen LogP contribution in [0.25, 0.3) is 0 Å². The maximum Gasteiger partial charge on any atom is 0.267 e. The summed E-state index contributed by atoms with van der Waals surface area (Å²) in [6.07, 6.45) is 1.01. The lowest BCUT2D eigenvalue weighted by Crippen LogP contribution is -2.45. The predicted molar refractivity (Wildman–Crippen MR) is 103 cm³/mol. The molecule has 2 amide bonds. The summed E-state index contributed by atoms with van der Waals surface area (Å²) in [5.41, 5.74) is 2.55. The molecule has 6 nitrogen and oxygen atoms in total. The number of carbonyl (C=O) groups excluding carboxylic acids is 2. The van der Waals surface area contributed by atoms with Gasteiger partial charge >= 0.3 is 0 Å². The van der Waals surface area contributed by atoms with Gasteiger partial charge in [0.15, 0.2) is 0 Å². The minimum Gasteiger partial charge on any atom is -0.324 e. The Morgan fingerprint density at radius 3 is 2.56 bits per heavy atom. The molecule has 0 radical (unpaired) electrons. The standard InChI is InChI=1S/C20H22N2O4S/c1-3-15-5-4-6-16(13-15)21-20(24)18-11-12-19(23)22(18)27(25,26)17-9-7-14(2)8-10-17/h4-10,13,18H,3,11-12H2,1-2H3,(H,21,24)/t18-/m1/s1. The zero-order chi connectivity index (χ0) is 19.6. The molecule has 0 saturated carbocycles. The molecule has 2 aromatic carbocycles. The molecule has 1 aliphatic heterocycles. The zero-order valence-corrected chi connectivity index (χ0v) is 16.1. The van der Waals surface area contributed by atoms with E-state index in [2.05, 4.69) is 5.32 Å². The summed E-state index contributed by atoms with van der Waals surface area (Å²) < 4.78 is 26.6. The average molecular weight is 386 g/mol. The lowest BCUT2D eigenvalue weighted by atomic mass is 10.1. The number of benzene rings is 2. The number of carbonyl (C=O) groups is 2. The van der Waals surface area contributed by atoms with Crippen LogP contribution in [0.5, 0.6) is 0 Å². The van der Waals surface area contributed by atoms with Crippen LogP contribution in [0.2, 0.25) is 0 Å². The van der Waals surface area contributed by atoms with E-state index in [0.29, 0.717) is 5.69 Å². The van der Waals surface area contributed by atoms with E-state index in [-0.39, 0.29) is 17.7 Å². The van der Waals surface area contributed by atoms with Crippen LogP contribution in [0.1, 0.15) is 30.9 Å². The van der Waals surface area contributed by atoms with E-state index >= 15 is 0 Å². The maximum atomic E-state index is 12.9. The molecule has 27 heavy (non-hydrogen) atoms. The first-order chi connectivity index (χ1) is 12.8. The van der Waals surface area contributed by atoms with Crippen molar-refractivity contribution in [1.82, 2.24) is 4.31 Å². The van der Waals surface area contributed by atoms with E-state index < -0.39 is 27.9 Å². The second-order valence-electron chi connectivity index (χ2n) is 6.61. The molecule has 0 bridgehead atoms. The van der Waals surface area contributed by atoms with E-state index in [0.717, 1.165) is 21.9 Å². The number of sulfonamides is 1. The van der Waals surface area contributed by atoms with Gasteiger partial charge in [-0.05, 0) is 49.6 Å². The molecule has 142 valence electrons. The summed E-state index contributed by atoms with van der Waals surface area (Å²) in [6, 6.07) is 12.6. The van der Waals surface area contributed by atoms with Crippen LogP contribution in [0.4, 0.5) is 5.69 Å². The normalized spacial score (nSPS) is 17.2. The summed E-state index contributed by atoms with van der Waals surface area (Å²) in [5.74, 6) is -1.05. The SMILES string of the molecule is CCc1cccc(NC(=O)[C@H]2CCC(=O)N2S(=O)(=O)c2ccc(C)cc2)c1. The van der Waals surface area contributed by atoms with Crippen molar-refractivity contribution in [3.05, 3.63) is 59.7 Å². The Bertz CT molecular complexity index is 968. The first kappa shape index (κ1) is 19.1. The third-order valence-corrected chi connectivity index (χ3v) is 6.49. The molecule has 0 spiro atoms. The zero-order valence-electron chi connectivity index (χ0n) is 15.3. The van der Waals surface area contributed by atoms with Crippen molar-refractivity contribution in [2.45, 2.75) is 44.0 Å². The maximum absolute atomic E-state index is 12.9. The topological polar surface area (TPSA) is 83.6 Å². The molecular formula is C20H22N2O4S. The predicted octanol–water partition coefficient (Wildman–Crippen LogP) is 2.88. The van der Waals surface area contributed by atoms with E-state index in [1.807, 2.05) is 32.0 Å². The van der Waals surface area contributed by atoms with Gasteiger partial charge in [-0.15, -0.1) is 0 Å². The molecular weight excluding hydrogens is 364 g/mol. The van der Waals surface area contributed by atoms with E-state index in [9.17, 15) is 18.0 Å². The van der Waals surface area contributed by atoms with Crippen molar-refractivity contribution in [3.63, 3.8) is 0 Å². The number of rotatable bonds is 5. The van der Waals surface area contributed by atoms with Gasteiger partial charge in [0.05, 0.1) is 4.90 Å². The molecule has 1 N–H and O–H groups in total. The molecule has 1 fully saturated rings. The highest BCUT2D eigenvalue weighted by Gasteiger charge is 2.44. The van der Waals surface area contributed by atoms with Crippen molar-refractivity contribution < 1.29 is 18.0 Å². The monoisotopic (exact) mass is 386 g/mol. The fourth-order valence-corrected chi connectivity index (χ4v) is 4.72. The van der Waals surface area contributed by atoms with Crippen molar-refractivity contribution in [2.24, 2.45) is 0 Å². The first-order valence-corrected chi connectivity index (χ1v) is 10.3. The highest BCUT2D eigenvalue weighted by Crippen LogP contribution is 2.28. The van der Waals surface area contributed by atoms with Crippen LogP contribution >= 0.6 is 0 Å². The van der Waals surface area contributed by atoms with Crippen LogP contribution < -0.4 is 5.32 Å². The van der Waals surface area contributed by atoms with Gasteiger partial charge in [-0.25, -0.2) is 12.7 Å². The molecule has 1 heterocycles. The van der Waals surface area contributed by atoms with Gasteiger partial charge in [0, 0.05) is 12.1 Å². The fraction of sp³-hybridized carbons (Fsp3) is 0.300. The second-order valence-corrected chi connectivity index (χ2v) is 8.42. The number of aryl methyl sites for hydroxylation is 2. The van der Waals surface area contributed by atoms with Crippen LogP contribution in [0.3, 0.4) is 0 Å². The molecule has 0 unspecified atom stereocenters. The van der Waals surface area contributed by atoms with Crippen molar-refractivity contribution in [1.29, 1.82) is 0 Å².